The highest BCUT2D eigenvalue weighted by Crippen LogP contribution is 2.43. The predicted molar refractivity (Wildman–Crippen MR) is 65.5 cm³/mol. The van der Waals surface area contributed by atoms with Crippen molar-refractivity contribution in [3.63, 3.8) is 0 Å². The minimum atomic E-state index is -0.0151. The lowest BCUT2D eigenvalue weighted by Gasteiger charge is -2.30. The molecule has 17 heavy (non-hydrogen) atoms. The second-order valence-corrected chi connectivity index (χ2v) is 4.95. The molecule has 3 rings (SSSR count). The summed E-state index contributed by atoms with van der Waals surface area (Å²) < 4.78 is 5.77. The minimum absolute atomic E-state index is 0.0151. The van der Waals surface area contributed by atoms with E-state index >= 15 is 0 Å². The van der Waals surface area contributed by atoms with Gasteiger partial charge >= 0.3 is 0 Å². The zero-order valence-electron chi connectivity index (χ0n) is 9.93. The number of hydrogen-bond acceptors (Lipinski definition) is 2. The van der Waals surface area contributed by atoms with Crippen molar-refractivity contribution in [3.05, 3.63) is 47.7 Å². The SMILES string of the molecule is C[C@@H]1CC[C@H]2C(=CC(=O)[C@@H]2c2ccccc2)O1. The summed E-state index contributed by atoms with van der Waals surface area (Å²) in [6.45, 7) is 2.07. The minimum Gasteiger partial charge on any atom is -0.495 e. The highest BCUT2D eigenvalue weighted by Gasteiger charge is 2.41. The van der Waals surface area contributed by atoms with Gasteiger partial charge in [0, 0.05) is 12.0 Å². The van der Waals surface area contributed by atoms with Gasteiger partial charge in [0.05, 0.1) is 12.0 Å². The zero-order valence-corrected chi connectivity index (χ0v) is 9.93. The Morgan fingerprint density at radius 1 is 1.18 bits per heavy atom. The number of ketones is 1. The van der Waals surface area contributed by atoms with E-state index < -0.39 is 0 Å². The highest BCUT2D eigenvalue weighted by atomic mass is 16.5. The van der Waals surface area contributed by atoms with Crippen LogP contribution in [0.2, 0.25) is 0 Å². The molecule has 1 saturated heterocycles. The molecule has 0 N–H and O–H groups in total. The van der Waals surface area contributed by atoms with Gasteiger partial charge in [-0.05, 0) is 25.3 Å². The number of carbonyl (C=O) groups is 1. The van der Waals surface area contributed by atoms with Crippen LogP contribution in [0.3, 0.4) is 0 Å². The first-order valence-corrected chi connectivity index (χ1v) is 6.23. The standard InChI is InChI=1S/C15H16O2/c1-10-7-8-12-14(17-10)9-13(16)15(12)11-5-3-2-4-6-11/h2-6,9-10,12,15H,7-8H2,1H3/t10-,12+,15-/m1/s1. The number of allylic oxidation sites excluding steroid dienone is 2. The van der Waals surface area contributed by atoms with Crippen molar-refractivity contribution in [1.29, 1.82) is 0 Å². The highest BCUT2D eigenvalue weighted by molar-refractivity contribution is 5.99. The molecule has 0 saturated carbocycles. The number of carbonyl (C=O) groups excluding carboxylic acids is 1. The van der Waals surface area contributed by atoms with Crippen LogP contribution in [0.15, 0.2) is 42.2 Å². The Labute approximate surface area is 101 Å². The Balaban J connectivity index is 1.92. The summed E-state index contributed by atoms with van der Waals surface area (Å²) in [5, 5.41) is 0. The van der Waals surface area contributed by atoms with E-state index in [0.29, 0.717) is 0 Å². The largest absolute Gasteiger partial charge is 0.495 e. The monoisotopic (exact) mass is 228 g/mol. The van der Waals surface area contributed by atoms with Gasteiger partial charge in [-0.25, -0.2) is 0 Å². The maximum Gasteiger partial charge on any atom is 0.167 e. The topological polar surface area (TPSA) is 26.3 Å². The summed E-state index contributed by atoms with van der Waals surface area (Å²) in [4.78, 5) is 12.1. The van der Waals surface area contributed by atoms with Gasteiger partial charge in [0.15, 0.2) is 5.78 Å². The number of fused-ring (bicyclic) bond motifs is 1. The van der Waals surface area contributed by atoms with Crippen molar-refractivity contribution in [2.45, 2.75) is 31.8 Å². The van der Waals surface area contributed by atoms with Gasteiger partial charge in [0.1, 0.15) is 5.76 Å². The number of rotatable bonds is 1. The molecule has 0 amide bonds. The molecule has 1 aromatic carbocycles. The molecule has 0 spiro atoms. The van der Waals surface area contributed by atoms with Gasteiger partial charge in [-0.2, -0.15) is 0 Å². The molecule has 2 heteroatoms. The normalized spacial score (nSPS) is 31.7. The Morgan fingerprint density at radius 3 is 2.71 bits per heavy atom. The lowest BCUT2D eigenvalue weighted by molar-refractivity contribution is -0.116. The van der Waals surface area contributed by atoms with E-state index in [1.807, 2.05) is 30.3 Å². The van der Waals surface area contributed by atoms with E-state index in [0.717, 1.165) is 24.2 Å². The molecule has 2 aliphatic rings. The van der Waals surface area contributed by atoms with Crippen LogP contribution in [0, 0.1) is 5.92 Å². The van der Waals surface area contributed by atoms with E-state index in [1.165, 1.54) is 0 Å². The van der Waals surface area contributed by atoms with Crippen molar-refractivity contribution in [2.75, 3.05) is 0 Å². The maximum atomic E-state index is 12.1. The molecule has 88 valence electrons. The Hall–Kier alpha value is -1.57. The van der Waals surface area contributed by atoms with Crippen LogP contribution in [0.1, 0.15) is 31.2 Å². The molecule has 2 nitrogen and oxygen atoms in total. The van der Waals surface area contributed by atoms with Crippen LogP contribution in [-0.4, -0.2) is 11.9 Å². The van der Waals surface area contributed by atoms with Gasteiger partial charge in [-0.1, -0.05) is 30.3 Å². The van der Waals surface area contributed by atoms with Crippen LogP contribution >= 0.6 is 0 Å². The summed E-state index contributed by atoms with van der Waals surface area (Å²) in [6, 6.07) is 10.0. The molecule has 0 radical (unpaired) electrons. The first-order valence-electron chi connectivity index (χ1n) is 6.23. The first-order chi connectivity index (χ1) is 8.25. The summed E-state index contributed by atoms with van der Waals surface area (Å²) in [5.41, 5.74) is 1.12. The summed E-state index contributed by atoms with van der Waals surface area (Å²) in [7, 11) is 0. The molecular weight excluding hydrogens is 212 g/mol. The Bertz CT molecular complexity index is 461. The first kappa shape index (κ1) is 10.6. The molecule has 0 aromatic heterocycles. The van der Waals surface area contributed by atoms with E-state index in [2.05, 4.69) is 6.92 Å². The second kappa shape index (κ2) is 4.02. The molecule has 1 heterocycles. The Kier molecular flexibility index (Phi) is 2.50. The Morgan fingerprint density at radius 2 is 1.94 bits per heavy atom. The zero-order chi connectivity index (χ0) is 11.8. The van der Waals surface area contributed by atoms with E-state index in [-0.39, 0.29) is 23.7 Å². The van der Waals surface area contributed by atoms with Crippen molar-refractivity contribution in [1.82, 2.24) is 0 Å². The smallest absolute Gasteiger partial charge is 0.167 e. The summed E-state index contributed by atoms with van der Waals surface area (Å²) in [5.74, 6) is 1.35. The quantitative estimate of drug-likeness (QED) is 0.738. The third kappa shape index (κ3) is 1.78. The lowest BCUT2D eigenvalue weighted by atomic mass is 9.83. The molecule has 1 fully saturated rings. The number of benzene rings is 1. The molecule has 3 atom stereocenters. The van der Waals surface area contributed by atoms with Crippen molar-refractivity contribution < 1.29 is 9.53 Å². The van der Waals surface area contributed by atoms with E-state index in [9.17, 15) is 4.79 Å². The fourth-order valence-corrected chi connectivity index (χ4v) is 2.89. The maximum absolute atomic E-state index is 12.1. The molecule has 1 aromatic rings. The lowest BCUT2D eigenvalue weighted by Crippen LogP contribution is -2.24. The summed E-state index contributed by atoms with van der Waals surface area (Å²) >= 11 is 0. The van der Waals surface area contributed by atoms with E-state index in [4.69, 9.17) is 4.74 Å². The van der Waals surface area contributed by atoms with Crippen LogP contribution < -0.4 is 0 Å². The average molecular weight is 228 g/mol. The van der Waals surface area contributed by atoms with Crippen molar-refractivity contribution >= 4 is 5.78 Å². The van der Waals surface area contributed by atoms with Crippen LogP contribution in [-0.2, 0) is 9.53 Å². The van der Waals surface area contributed by atoms with E-state index in [1.54, 1.807) is 6.08 Å². The van der Waals surface area contributed by atoms with Gasteiger partial charge in [0.2, 0.25) is 0 Å². The van der Waals surface area contributed by atoms with Crippen molar-refractivity contribution in [2.24, 2.45) is 5.92 Å². The van der Waals surface area contributed by atoms with Crippen LogP contribution in [0.25, 0.3) is 0 Å². The molecular formula is C15H16O2. The fourth-order valence-electron chi connectivity index (χ4n) is 2.89. The van der Waals surface area contributed by atoms with Gasteiger partial charge in [-0.3, -0.25) is 4.79 Å². The molecule has 0 bridgehead atoms. The summed E-state index contributed by atoms with van der Waals surface area (Å²) in [6.07, 6.45) is 4.05. The van der Waals surface area contributed by atoms with Crippen LogP contribution in [0.5, 0.6) is 0 Å². The number of hydrogen-bond donors (Lipinski definition) is 0. The molecule has 1 aliphatic carbocycles. The molecule has 1 aliphatic heterocycles. The van der Waals surface area contributed by atoms with Gasteiger partial charge in [0.25, 0.3) is 0 Å². The third-order valence-corrected chi connectivity index (χ3v) is 3.74. The molecule has 0 unspecified atom stereocenters. The van der Waals surface area contributed by atoms with Gasteiger partial charge < -0.3 is 4.74 Å². The van der Waals surface area contributed by atoms with Crippen molar-refractivity contribution in [3.8, 4) is 0 Å². The number of ether oxygens (including phenoxy) is 1. The third-order valence-electron chi connectivity index (χ3n) is 3.74. The predicted octanol–water partition coefficient (Wildman–Crippen LogP) is 3.05. The second-order valence-electron chi connectivity index (χ2n) is 4.95. The van der Waals surface area contributed by atoms with Gasteiger partial charge in [-0.15, -0.1) is 0 Å². The van der Waals surface area contributed by atoms with Crippen LogP contribution in [0.4, 0.5) is 0 Å². The average Bonchev–Trinajstić information content (AvgIpc) is 2.65. The fraction of sp³-hybridized carbons (Fsp3) is 0.400.